The van der Waals surface area contributed by atoms with Crippen molar-refractivity contribution < 1.29 is 33.8 Å². The maximum atomic E-state index is 11.3. The van der Waals surface area contributed by atoms with E-state index >= 15 is 0 Å². The van der Waals surface area contributed by atoms with Crippen LogP contribution in [-0.2, 0) is 9.53 Å². The van der Waals surface area contributed by atoms with E-state index in [9.17, 15) is 19.7 Å². The van der Waals surface area contributed by atoms with Gasteiger partial charge >= 0.3 is 11.9 Å². The second kappa shape index (κ2) is 10.9. The molecule has 0 saturated heterocycles. The van der Waals surface area contributed by atoms with Gasteiger partial charge in [-0.25, -0.2) is 4.79 Å². The molecule has 9 nitrogen and oxygen atoms in total. The van der Waals surface area contributed by atoms with Crippen molar-refractivity contribution in [1.82, 2.24) is 0 Å². The van der Waals surface area contributed by atoms with Crippen LogP contribution in [0.25, 0.3) is 0 Å². The lowest BCUT2D eigenvalue weighted by Crippen LogP contribution is -2.07. The first-order valence-corrected chi connectivity index (χ1v) is 8.28. The molecule has 0 spiro atoms. The van der Waals surface area contributed by atoms with Gasteiger partial charge in [0.2, 0.25) is 0 Å². The number of carboxylic acid groups (broad SMARTS) is 1. The summed E-state index contributed by atoms with van der Waals surface area (Å²) >= 11 is 0. The third-order valence-electron chi connectivity index (χ3n) is 3.46. The SMILES string of the molecule is CCCOC(=O)CCCCCOc1cc([N+](=O)[O-])c(C(=O)O)cc1OC. The Labute approximate surface area is 151 Å². The molecule has 26 heavy (non-hydrogen) atoms. The molecule has 1 rings (SSSR count). The monoisotopic (exact) mass is 369 g/mol. The van der Waals surface area contributed by atoms with E-state index in [1.807, 2.05) is 6.92 Å². The van der Waals surface area contributed by atoms with E-state index in [0.717, 1.165) is 25.0 Å². The first-order valence-electron chi connectivity index (χ1n) is 8.28. The molecule has 1 aromatic carbocycles. The lowest BCUT2D eigenvalue weighted by Gasteiger charge is -2.11. The number of carbonyl (C=O) groups excluding carboxylic acids is 1. The van der Waals surface area contributed by atoms with Gasteiger partial charge < -0.3 is 19.3 Å². The zero-order valence-electron chi connectivity index (χ0n) is 14.9. The molecule has 0 saturated carbocycles. The summed E-state index contributed by atoms with van der Waals surface area (Å²) in [4.78, 5) is 32.7. The Morgan fingerprint density at radius 2 is 1.88 bits per heavy atom. The van der Waals surface area contributed by atoms with Crippen LogP contribution in [0.2, 0.25) is 0 Å². The number of ether oxygens (including phenoxy) is 3. The number of nitro groups is 1. The van der Waals surface area contributed by atoms with Gasteiger partial charge in [0.25, 0.3) is 5.69 Å². The third kappa shape index (κ3) is 6.58. The Bertz CT molecular complexity index is 644. The van der Waals surface area contributed by atoms with Gasteiger partial charge in [-0.3, -0.25) is 14.9 Å². The van der Waals surface area contributed by atoms with Crippen molar-refractivity contribution in [2.75, 3.05) is 20.3 Å². The van der Waals surface area contributed by atoms with Gasteiger partial charge in [-0.15, -0.1) is 0 Å². The average molecular weight is 369 g/mol. The molecule has 0 fully saturated rings. The topological polar surface area (TPSA) is 125 Å². The standard InChI is InChI=1S/C17H23NO8/c1-3-8-26-16(19)7-5-4-6-9-25-15-11-13(18(22)23)12(17(20)21)10-14(15)24-2/h10-11H,3-9H2,1-2H3,(H,20,21). The molecular formula is C17H23NO8. The van der Waals surface area contributed by atoms with Gasteiger partial charge in [-0.1, -0.05) is 6.92 Å². The number of carboxylic acids is 1. The highest BCUT2D eigenvalue weighted by molar-refractivity contribution is 5.93. The summed E-state index contributed by atoms with van der Waals surface area (Å²) in [5, 5.41) is 20.1. The second-order valence-electron chi connectivity index (χ2n) is 5.46. The van der Waals surface area contributed by atoms with Crippen LogP contribution in [0.5, 0.6) is 11.5 Å². The lowest BCUT2D eigenvalue weighted by atomic mass is 10.1. The molecule has 0 unspecified atom stereocenters. The Kier molecular flexibility index (Phi) is 8.90. The van der Waals surface area contributed by atoms with Crippen LogP contribution in [-0.4, -0.2) is 42.3 Å². The minimum atomic E-state index is -1.42. The van der Waals surface area contributed by atoms with E-state index in [-0.39, 0.29) is 24.1 Å². The van der Waals surface area contributed by atoms with Crippen molar-refractivity contribution in [1.29, 1.82) is 0 Å². The minimum Gasteiger partial charge on any atom is -0.493 e. The van der Waals surface area contributed by atoms with E-state index in [0.29, 0.717) is 25.9 Å². The first-order chi connectivity index (χ1) is 12.4. The highest BCUT2D eigenvalue weighted by Gasteiger charge is 2.24. The molecule has 0 aliphatic rings. The van der Waals surface area contributed by atoms with Crippen LogP contribution < -0.4 is 9.47 Å². The maximum absolute atomic E-state index is 11.3. The van der Waals surface area contributed by atoms with Crippen molar-refractivity contribution in [2.24, 2.45) is 0 Å². The number of aromatic carboxylic acids is 1. The van der Waals surface area contributed by atoms with E-state index in [2.05, 4.69) is 0 Å². The van der Waals surface area contributed by atoms with Gasteiger partial charge in [0.05, 0.1) is 31.3 Å². The summed E-state index contributed by atoms with van der Waals surface area (Å²) in [6.45, 7) is 2.60. The molecule has 0 aliphatic carbocycles. The molecule has 9 heteroatoms. The molecular weight excluding hydrogens is 346 g/mol. The van der Waals surface area contributed by atoms with Gasteiger partial charge in [0, 0.05) is 12.5 Å². The highest BCUT2D eigenvalue weighted by atomic mass is 16.6. The zero-order chi connectivity index (χ0) is 19.5. The number of nitrogens with zero attached hydrogens (tertiary/aromatic N) is 1. The number of benzene rings is 1. The minimum absolute atomic E-state index is 0.103. The van der Waals surface area contributed by atoms with Crippen LogP contribution in [0.4, 0.5) is 5.69 Å². The largest absolute Gasteiger partial charge is 0.493 e. The van der Waals surface area contributed by atoms with E-state index < -0.39 is 22.1 Å². The third-order valence-corrected chi connectivity index (χ3v) is 3.46. The quantitative estimate of drug-likeness (QED) is 0.258. The number of methoxy groups -OCH3 is 1. The van der Waals surface area contributed by atoms with Gasteiger partial charge in [-0.05, 0) is 25.7 Å². The summed E-state index contributed by atoms with van der Waals surface area (Å²) in [6.07, 6.45) is 3.12. The molecule has 1 N–H and O–H groups in total. The number of unbranched alkanes of at least 4 members (excludes halogenated alkanes) is 2. The maximum Gasteiger partial charge on any atom is 0.342 e. The fourth-order valence-corrected chi connectivity index (χ4v) is 2.16. The van der Waals surface area contributed by atoms with Crippen LogP contribution >= 0.6 is 0 Å². The highest BCUT2D eigenvalue weighted by Crippen LogP contribution is 2.34. The summed E-state index contributed by atoms with van der Waals surface area (Å²) in [7, 11) is 1.32. The van der Waals surface area contributed by atoms with Crippen LogP contribution in [0.1, 0.15) is 49.4 Å². The number of hydrogen-bond donors (Lipinski definition) is 1. The fraction of sp³-hybridized carbons (Fsp3) is 0.529. The fourth-order valence-electron chi connectivity index (χ4n) is 2.16. The summed E-state index contributed by atoms with van der Waals surface area (Å²) in [5.41, 5.74) is -1.03. The Balaban J connectivity index is 2.56. The smallest absolute Gasteiger partial charge is 0.342 e. The number of nitro benzene ring substituents is 1. The van der Waals surface area contributed by atoms with E-state index in [1.165, 1.54) is 7.11 Å². The molecule has 1 aromatic rings. The first kappa shape index (κ1) is 21.2. The molecule has 0 aromatic heterocycles. The Morgan fingerprint density at radius 1 is 1.15 bits per heavy atom. The number of rotatable bonds is 12. The molecule has 0 heterocycles. The molecule has 0 bridgehead atoms. The number of esters is 1. The van der Waals surface area contributed by atoms with E-state index in [1.54, 1.807) is 0 Å². The van der Waals surface area contributed by atoms with Gasteiger partial charge in [0.15, 0.2) is 11.5 Å². The van der Waals surface area contributed by atoms with Crippen LogP contribution in [0.3, 0.4) is 0 Å². The molecule has 0 amide bonds. The van der Waals surface area contributed by atoms with Crippen LogP contribution in [0.15, 0.2) is 12.1 Å². The van der Waals surface area contributed by atoms with Crippen molar-refractivity contribution in [3.8, 4) is 11.5 Å². The van der Waals surface area contributed by atoms with E-state index in [4.69, 9.17) is 19.3 Å². The summed E-state index contributed by atoms with van der Waals surface area (Å²) < 4.78 is 15.5. The summed E-state index contributed by atoms with van der Waals surface area (Å²) in [5.74, 6) is -1.44. The average Bonchev–Trinajstić information content (AvgIpc) is 2.61. The number of carbonyl (C=O) groups is 2. The van der Waals surface area contributed by atoms with Crippen LogP contribution in [0, 0.1) is 10.1 Å². The summed E-state index contributed by atoms with van der Waals surface area (Å²) in [6, 6.07) is 2.12. The van der Waals surface area contributed by atoms with Crippen molar-refractivity contribution in [3.63, 3.8) is 0 Å². The molecule has 144 valence electrons. The van der Waals surface area contributed by atoms with Crippen molar-refractivity contribution in [3.05, 3.63) is 27.8 Å². The predicted octanol–water partition coefficient (Wildman–Crippen LogP) is 3.19. The lowest BCUT2D eigenvalue weighted by molar-refractivity contribution is -0.385. The second-order valence-corrected chi connectivity index (χ2v) is 5.46. The normalized spacial score (nSPS) is 10.2. The molecule has 0 atom stereocenters. The van der Waals surface area contributed by atoms with Crippen molar-refractivity contribution in [2.45, 2.75) is 39.0 Å². The van der Waals surface area contributed by atoms with Crippen molar-refractivity contribution >= 4 is 17.6 Å². The predicted molar refractivity (Wildman–Crippen MR) is 91.8 cm³/mol. The van der Waals surface area contributed by atoms with Gasteiger partial charge in [-0.2, -0.15) is 0 Å². The Hall–Kier alpha value is -2.84. The zero-order valence-corrected chi connectivity index (χ0v) is 14.9. The number of hydrogen-bond acceptors (Lipinski definition) is 7. The molecule has 0 radical (unpaired) electrons. The van der Waals surface area contributed by atoms with Gasteiger partial charge in [0.1, 0.15) is 5.56 Å². The Morgan fingerprint density at radius 3 is 2.46 bits per heavy atom. The molecule has 0 aliphatic heterocycles.